The highest BCUT2D eigenvalue weighted by molar-refractivity contribution is 5.74. The van der Waals surface area contributed by atoms with E-state index in [0.717, 1.165) is 38.8 Å². The lowest BCUT2D eigenvalue weighted by Gasteiger charge is -2.32. The molecule has 126 valence electrons. The minimum atomic E-state index is -0.460. The van der Waals surface area contributed by atoms with Gasteiger partial charge >= 0.3 is 6.09 Å². The first-order valence-electron chi connectivity index (χ1n) is 8.12. The molecule has 0 aromatic heterocycles. The van der Waals surface area contributed by atoms with E-state index in [0.29, 0.717) is 5.56 Å². The largest absolute Gasteiger partial charge is 0.444 e. The molecule has 2 rings (SSSR count). The van der Waals surface area contributed by atoms with Crippen LogP contribution in [0.2, 0.25) is 0 Å². The van der Waals surface area contributed by atoms with Gasteiger partial charge in [0.2, 0.25) is 0 Å². The van der Waals surface area contributed by atoms with Crippen LogP contribution in [0.25, 0.3) is 0 Å². The molecule has 0 bridgehead atoms. The van der Waals surface area contributed by atoms with Crippen LogP contribution in [0.5, 0.6) is 0 Å². The van der Waals surface area contributed by atoms with Crippen LogP contribution >= 0.6 is 0 Å². The SMILES string of the molecule is CC(C)(C)OC(=O)NC1CCN(Cc2ccc(C=O)cc2)CC1. The highest BCUT2D eigenvalue weighted by Crippen LogP contribution is 2.15. The predicted molar refractivity (Wildman–Crippen MR) is 89.5 cm³/mol. The molecule has 1 aliphatic rings. The van der Waals surface area contributed by atoms with E-state index in [-0.39, 0.29) is 12.1 Å². The number of nitrogens with one attached hydrogen (secondary N) is 1. The summed E-state index contributed by atoms with van der Waals surface area (Å²) >= 11 is 0. The lowest BCUT2D eigenvalue weighted by atomic mass is 10.0. The number of benzene rings is 1. The van der Waals surface area contributed by atoms with E-state index in [9.17, 15) is 9.59 Å². The summed E-state index contributed by atoms with van der Waals surface area (Å²) in [5.74, 6) is 0. The number of amides is 1. The van der Waals surface area contributed by atoms with Gasteiger partial charge in [-0.15, -0.1) is 0 Å². The molecule has 1 saturated heterocycles. The van der Waals surface area contributed by atoms with Crippen molar-refractivity contribution in [1.82, 2.24) is 10.2 Å². The third-order valence-corrected chi connectivity index (χ3v) is 3.83. The Hall–Kier alpha value is -1.88. The Labute approximate surface area is 138 Å². The van der Waals surface area contributed by atoms with Crippen molar-refractivity contribution in [1.29, 1.82) is 0 Å². The lowest BCUT2D eigenvalue weighted by Crippen LogP contribution is -2.45. The van der Waals surface area contributed by atoms with E-state index in [1.165, 1.54) is 5.56 Å². The zero-order valence-corrected chi connectivity index (χ0v) is 14.2. The first-order valence-corrected chi connectivity index (χ1v) is 8.12. The van der Waals surface area contributed by atoms with Crippen LogP contribution in [0.4, 0.5) is 4.79 Å². The van der Waals surface area contributed by atoms with Crippen molar-refractivity contribution in [3.8, 4) is 0 Å². The molecule has 5 heteroatoms. The van der Waals surface area contributed by atoms with Crippen LogP contribution in [0.15, 0.2) is 24.3 Å². The summed E-state index contributed by atoms with van der Waals surface area (Å²) in [5.41, 5.74) is 1.45. The topological polar surface area (TPSA) is 58.6 Å². The maximum absolute atomic E-state index is 11.8. The second-order valence-corrected chi connectivity index (χ2v) is 7.06. The summed E-state index contributed by atoms with van der Waals surface area (Å²) in [7, 11) is 0. The molecular weight excluding hydrogens is 292 g/mol. The van der Waals surface area contributed by atoms with E-state index < -0.39 is 5.60 Å². The van der Waals surface area contributed by atoms with Crippen LogP contribution in [0.3, 0.4) is 0 Å². The van der Waals surface area contributed by atoms with Gasteiger partial charge in [-0.3, -0.25) is 9.69 Å². The van der Waals surface area contributed by atoms with Gasteiger partial charge in [0, 0.05) is 31.2 Å². The van der Waals surface area contributed by atoms with Crippen LogP contribution < -0.4 is 5.32 Å². The number of hydrogen-bond acceptors (Lipinski definition) is 4. The maximum atomic E-state index is 11.8. The Balaban J connectivity index is 1.75. The van der Waals surface area contributed by atoms with Crippen molar-refractivity contribution in [3.05, 3.63) is 35.4 Å². The van der Waals surface area contributed by atoms with E-state index in [2.05, 4.69) is 10.2 Å². The quantitative estimate of drug-likeness (QED) is 0.867. The highest BCUT2D eigenvalue weighted by atomic mass is 16.6. The van der Waals surface area contributed by atoms with Gasteiger partial charge in [-0.1, -0.05) is 24.3 Å². The van der Waals surface area contributed by atoms with Gasteiger partial charge in [-0.2, -0.15) is 0 Å². The summed E-state index contributed by atoms with van der Waals surface area (Å²) in [5, 5.41) is 2.95. The minimum Gasteiger partial charge on any atom is -0.444 e. The number of alkyl carbamates (subject to hydrolysis) is 1. The number of aldehydes is 1. The Morgan fingerprint density at radius 1 is 1.26 bits per heavy atom. The summed E-state index contributed by atoms with van der Waals surface area (Å²) in [6.45, 7) is 8.35. The Kier molecular flexibility index (Phi) is 5.77. The number of ether oxygens (including phenoxy) is 1. The molecule has 0 aliphatic carbocycles. The van der Waals surface area contributed by atoms with Gasteiger partial charge < -0.3 is 10.1 Å². The van der Waals surface area contributed by atoms with Gasteiger partial charge in [0.25, 0.3) is 0 Å². The van der Waals surface area contributed by atoms with Crippen molar-refractivity contribution in [2.24, 2.45) is 0 Å². The summed E-state index contributed by atoms with van der Waals surface area (Å²) in [6.07, 6.45) is 2.37. The average molecular weight is 318 g/mol. The molecule has 0 unspecified atom stereocenters. The predicted octanol–water partition coefficient (Wildman–Crippen LogP) is 2.99. The first kappa shape index (κ1) is 17.5. The van der Waals surface area contributed by atoms with Gasteiger partial charge in [-0.05, 0) is 39.2 Å². The van der Waals surface area contributed by atoms with E-state index in [4.69, 9.17) is 4.74 Å². The molecule has 5 nitrogen and oxygen atoms in total. The Morgan fingerprint density at radius 2 is 1.87 bits per heavy atom. The summed E-state index contributed by atoms with van der Waals surface area (Å²) < 4.78 is 5.29. The molecule has 1 amide bonds. The second-order valence-electron chi connectivity index (χ2n) is 7.06. The molecule has 1 aromatic rings. The zero-order chi connectivity index (χ0) is 16.9. The van der Waals surface area contributed by atoms with Gasteiger partial charge in [0.15, 0.2) is 0 Å². The molecule has 0 atom stereocenters. The van der Waals surface area contributed by atoms with E-state index >= 15 is 0 Å². The van der Waals surface area contributed by atoms with Crippen molar-refractivity contribution in [2.45, 2.75) is 51.8 Å². The number of nitrogens with zero attached hydrogens (tertiary/aromatic N) is 1. The monoisotopic (exact) mass is 318 g/mol. The van der Waals surface area contributed by atoms with Crippen molar-refractivity contribution < 1.29 is 14.3 Å². The van der Waals surface area contributed by atoms with Crippen LogP contribution in [0.1, 0.15) is 49.5 Å². The molecule has 0 saturated carbocycles. The first-order chi connectivity index (χ1) is 10.9. The van der Waals surface area contributed by atoms with E-state index in [1.807, 2.05) is 45.0 Å². The number of rotatable bonds is 4. The fraction of sp³-hybridized carbons (Fsp3) is 0.556. The van der Waals surface area contributed by atoms with Crippen LogP contribution in [-0.2, 0) is 11.3 Å². The van der Waals surface area contributed by atoms with Crippen molar-refractivity contribution >= 4 is 12.4 Å². The maximum Gasteiger partial charge on any atom is 0.407 e. The number of carbonyl (C=O) groups is 2. The molecule has 1 aliphatic heterocycles. The molecule has 0 spiro atoms. The fourth-order valence-electron chi connectivity index (χ4n) is 2.67. The lowest BCUT2D eigenvalue weighted by molar-refractivity contribution is 0.0477. The van der Waals surface area contributed by atoms with Gasteiger partial charge in [-0.25, -0.2) is 4.79 Å². The summed E-state index contributed by atoms with van der Waals surface area (Å²) in [4.78, 5) is 24.8. The van der Waals surface area contributed by atoms with E-state index in [1.54, 1.807) is 0 Å². The Bertz CT molecular complexity index is 526. The van der Waals surface area contributed by atoms with Crippen molar-refractivity contribution in [3.63, 3.8) is 0 Å². The normalized spacial score (nSPS) is 16.8. The van der Waals surface area contributed by atoms with Crippen LogP contribution in [-0.4, -0.2) is 42.0 Å². The highest BCUT2D eigenvalue weighted by Gasteiger charge is 2.23. The van der Waals surface area contributed by atoms with Gasteiger partial charge in [0.1, 0.15) is 11.9 Å². The molecule has 23 heavy (non-hydrogen) atoms. The van der Waals surface area contributed by atoms with Crippen molar-refractivity contribution in [2.75, 3.05) is 13.1 Å². The molecule has 1 fully saturated rings. The molecule has 1 N–H and O–H groups in total. The number of piperidine rings is 1. The third kappa shape index (κ3) is 6.02. The molecule has 0 radical (unpaired) electrons. The molecule has 1 heterocycles. The molecule has 1 aromatic carbocycles. The molecular formula is C18H26N2O3. The Morgan fingerprint density at radius 3 is 2.39 bits per heavy atom. The standard InChI is InChI=1S/C18H26N2O3/c1-18(2,3)23-17(22)19-16-8-10-20(11-9-16)12-14-4-6-15(13-21)7-5-14/h4-7,13,16H,8-12H2,1-3H3,(H,19,22). The zero-order valence-electron chi connectivity index (χ0n) is 14.2. The number of hydrogen-bond donors (Lipinski definition) is 1. The summed E-state index contributed by atoms with van der Waals surface area (Å²) in [6, 6.07) is 7.86. The van der Waals surface area contributed by atoms with Gasteiger partial charge in [0.05, 0.1) is 0 Å². The number of carbonyl (C=O) groups excluding carboxylic acids is 2. The second kappa shape index (κ2) is 7.59. The smallest absolute Gasteiger partial charge is 0.407 e. The van der Waals surface area contributed by atoms with Crippen LogP contribution in [0, 0.1) is 0 Å². The fourth-order valence-corrected chi connectivity index (χ4v) is 2.67. The number of likely N-dealkylation sites (tertiary alicyclic amines) is 1. The average Bonchev–Trinajstić information content (AvgIpc) is 2.48. The minimum absolute atomic E-state index is 0.179. The third-order valence-electron chi connectivity index (χ3n) is 3.83.